The lowest BCUT2D eigenvalue weighted by molar-refractivity contribution is -0.123. The molecule has 0 bridgehead atoms. The molecular weight excluding hydrogens is 514 g/mol. The topological polar surface area (TPSA) is 68.7 Å². The van der Waals surface area contributed by atoms with Gasteiger partial charge in [-0.25, -0.2) is 5.01 Å². The van der Waals surface area contributed by atoms with Gasteiger partial charge in [0.15, 0.2) is 0 Å². The summed E-state index contributed by atoms with van der Waals surface area (Å²) >= 11 is 6.44. The number of hydrogen-bond donors (Lipinski definition) is 0. The summed E-state index contributed by atoms with van der Waals surface area (Å²) in [6.45, 7) is 5.21. The quantitative estimate of drug-likeness (QED) is 0.488. The molecular formula is C30H36ClN5O3. The van der Waals surface area contributed by atoms with E-state index in [0.29, 0.717) is 41.5 Å². The van der Waals surface area contributed by atoms with Crippen molar-refractivity contribution in [2.24, 2.45) is 16.9 Å². The smallest absolute Gasteiger partial charge is 0.253 e. The molecule has 39 heavy (non-hydrogen) atoms. The second-order valence-corrected chi connectivity index (χ2v) is 11.0. The highest BCUT2D eigenvalue weighted by Gasteiger charge is 2.40. The van der Waals surface area contributed by atoms with E-state index in [1.165, 1.54) is 5.01 Å². The van der Waals surface area contributed by atoms with Crippen LogP contribution in [0.4, 0.5) is 5.69 Å². The molecule has 9 heteroatoms. The first kappa shape index (κ1) is 27.4. The fraction of sp³-hybridized carbons (Fsp3) is 0.433. The summed E-state index contributed by atoms with van der Waals surface area (Å²) in [4.78, 5) is 33.2. The molecule has 2 heterocycles. The van der Waals surface area contributed by atoms with Crippen LogP contribution in [0, 0.1) is 11.8 Å². The maximum atomic E-state index is 13.6. The third-order valence-corrected chi connectivity index (χ3v) is 8.14. The summed E-state index contributed by atoms with van der Waals surface area (Å²) < 4.78 is 5.32. The zero-order valence-electron chi connectivity index (χ0n) is 22.8. The summed E-state index contributed by atoms with van der Waals surface area (Å²) in [7, 11) is 5.74. The van der Waals surface area contributed by atoms with Crippen molar-refractivity contribution in [3.05, 3.63) is 70.8 Å². The normalized spacial score (nSPS) is 21.7. The Labute approximate surface area is 235 Å². The molecule has 0 radical (unpaired) electrons. The van der Waals surface area contributed by atoms with Crippen LogP contribution >= 0.6 is 11.6 Å². The van der Waals surface area contributed by atoms with Crippen molar-refractivity contribution in [3.8, 4) is 5.75 Å². The van der Waals surface area contributed by atoms with E-state index in [2.05, 4.69) is 36.0 Å². The van der Waals surface area contributed by atoms with Gasteiger partial charge in [-0.05, 0) is 75.0 Å². The zero-order valence-corrected chi connectivity index (χ0v) is 23.6. The number of anilines is 1. The predicted octanol–water partition coefficient (Wildman–Crippen LogP) is 4.00. The molecule has 3 aliphatic rings. The van der Waals surface area contributed by atoms with Gasteiger partial charge in [-0.1, -0.05) is 23.8 Å². The van der Waals surface area contributed by atoms with Crippen molar-refractivity contribution in [1.82, 2.24) is 14.7 Å². The summed E-state index contributed by atoms with van der Waals surface area (Å²) in [5.41, 5.74) is 2.98. The van der Waals surface area contributed by atoms with Crippen molar-refractivity contribution in [2.75, 3.05) is 65.5 Å². The molecule has 0 aromatic heterocycles. The number of carbonyl (C=O) groups excluding carboxylic acids is 2. The van der Waals surface area contributed by atoms with Crippen LogP contribution in [0.2, 0.25) is 5.02 Å². The SMILES string of the molecule is COc1ccc(C2=NN(c3ccc(C(=O)N4CCN(CCN(C)C)CC4)cc3)C(=O)[C@@H]3CC=CC[C@H]23)cc1Cl. The first-order valence-electron chi connectivity index (χ1n) is 13.5. The molecule has 8 nitrogen and oxygen atoms in total. The third-order valence-electron chi connectivity index (χ3n) is 7.85. The van der Waals surface area contributed by atoms with E-state index in [4.69, 9.17) is 21.4 Å². The minimum Gasteiger partial charge on any atom is -0.495 e. The number of likely N-dealkylation sites (N-methyl/N-ethyl adjacent to an activating group) is 1. The molecule has 1 saturated heterocycles. The van der Waals surface area contributed by atoms with Gasteiger partial charge in [-0.3, -0.25) is 14.5 Å². The van der Waals surface area contributed by atoms with E-state index >= 15 is 0 Å². The highest BCUT2D eigenvalue weighted by atomic mass is 35.5. The average Bonchev–Trinajstić information content (AvgIpc) is 2.96. The zero-order chi connectivity index (χ0) is 27.5. The molecule has 1 fully saturated rings. The van der Waals surface area contributed by atoms with E-state index in [0.717, 1.165) is 43.9 Å². The van der Waals surface area contributed by atoms with Crippen LogP contribution in [-0.2, 0) is 4.79 Å². The number of carbonyl (C=O) groups is 2. The van der Waals surface area contributed by atoms with Gasteiger partial charge in [-0.2, -0.15) is 5.10 Å². The Morgan fingerprint density at radius 1 is 1.03 bits per heavy atom. The summed E-state index contributed by atoms with van der Waals surface area (Å²) in [5, 5.41) is 6.85. The first-order chi connectivity index (χ1) is 18.9. The van der Waals surface area contributed by atoms with E-state index in [9.17, 15) is 9.59 Å². The van der Waals surface area contributed by atoms with Gasteiger partial charge in [0.1, 0.15) is 5.75 Å². The lowest BCUT2D eigenvalue weighted by Gasteiger charge is -2.37. The van der Waals surface area contributed by atoms with E-state index in [-0.39, 0.29) is 23.7 Å². The minimum atomic E-state index is -0.200. The molecule has 0 unspecified atom stereocenters. The van der Waals surface area contributed by atoms with Crippen molar-refractivity contribution >= 4 is 34.8 Å². The van der Waals surface area contributed by atoms with Crippen LogP contribution in [0.1, 0.15) is 28.8 Å². The van der Waals surface area contributed by atoms with E-state index < -0.39 is 0 Å². The van der Waals surface area contributed by atoms with Crippen molar-refractivity contribution in [2.45, 2.75) is 12.8 Å². The van der Waals surface area contributed by atoms with Gasteiger partial charge in [0.2, 0.25) is 0 Å². The maximum absolute atomic E-state index is 13.6. The number of nitrogens with zero attached hydrogens (tertiary/aromatic N) is 5. The summed E-state index contributed by atoms with van der Waals surface area (Å²) in [6.07, 6.45) is 5.61. The molecule has 2 aliphatic heterocycles. The number of hydrogen-bond acceptors (Lipinski definition) is 6. The molecule has 2 aromatic carbocycles. The Bertz CT molecular complexity index is 1270. The second kappa shape index (κ2) is 11.9. The number of hydrazone groups is 1. The molecule has 0 spiro atoms. The Balaban J connectivity index is 1.34. The highest BCUT2D eigenvalue weighted by molar-refractivity contribution is 6.32. The first-order valence-corrected chi connectivity index (χ1v) is 13.9. The number of methoxy groups -OCH3 is 1. The predicted molar refractivity (Wildman–Crippen MR) is 155 cm³/mol. The number of ether oxygens (including phenoxy) is 1. The Morgan fingerprint density at radius 3 is 2.36 bits per heavy atom. The van der Waals surface area contributed by atoms with E-state index in [1.54, 1.807) is 19.2 Å². The highest BCUT2D eigenvalue weighted by Crippen LogP contribution is 2.37. The van der Waals surface area contributed by atoms with Crippen LogP contribution < -0.4 is 9.75 Å². The lowest BCUT2D eigenvalue weighted by Crippen LogP contribution is -2.50. The number of amides is 2. The summed E-state index contributed by atoms with van der Waals surface area (Å²) in [6, 6.07) is 12.9. The van der Waals surface area contributed by atoms with E-state index in [1.807, 2.05) is 35.2 Å². The van der Waals surface area contributed by atoms with Crippen LogP contribution in [0.5, 0.6) is 5.75 Å². The van der Waals surface area contributed by atoms with Gasteiger partial charge in [-0.15, -0.1) is 0 Å². The monoisotopic (exact) mass is 549 g/mol. The standard InChI is InChI=1S/C30H36ClN5O3/c1-33(2)14-15-34-16-18-35(19-17-34)29(37)21-8-11-23(12-9-21)36-30(38)25-7-5-4-6-24(25)28(32-36)22-10-13-27(39-3)26(31)20-22/h4-5,8-13,20,24-25H,6-7,14-19H2,1-3H3/t24-,25+/m0/s1. The number of fused-ring (bicyclic) bond motifs is 1. The van der Waals surface area contributed by atoms with Gasteiger partial charge in [0.05, 0.1) is 29.4 Å². The summed E-state index contributed by atoms with van der Waals surface area (Å²) in [5.74, 6) is 0.378. The number of rotatable bonds is 7. The third kappa shape index (κ3) is 5.88. The van der Waals surface area contributed by atoms with Crippen LogP contribution in [0.25, 0.3) is 0 Å². The van der Waals surface area contributed by atoms with Gasteiger partial charge < -0.3 is 14.5 Å². The molecule has 2 atom stereocenters. The molecule has 0 saturated carbocycles. The molecule has 2 aromatic rings. The number of allylic oxidation sites excluding steroid dienone is 2. The second-order valence-electron chi connectivity index (χ2n) is 10.6. The average molecular weight is 550 g/mol. The van der Waals surface area contributed by atoms with Crippen LogP contribution in [-0.4, -0.2) is 92.7 Å². The Hall–Kier alpha value is -3.20. The molecule has 206 valence electrons. The molecule has 2 amide bonds. The van der Waals surface area contributed by atoms with Gasteiger partial charge in [0.25, 0.3) is 11.8 Å². The largest absolute Gasteiger partial charge is 0.495 e. The Kier molecular flexibility index (Phi) is 8.35. The fourth-order valence-corrected chi connectivity index (χ4v) is 5.76. The van der Waals surface area contributed by atoms with Crippen LogP contribution in [0.15, 0.2) is 59.7 Å². The van der Waals surface area contributed by atoms with Gasteiger partial charge in [0, 0.05) is 50.7 Å². The Morgan fingerprint density at radius 2 is 1.72 bits per heavy atom. The minimum absolute atomic E-state index is 0.0135. The van der Waals surface area contributed by atoms with Gasteiger partial charge >= 0.3 is 0 Å². The maximum Gasteiger partial charge on any atom is 0.253 e. The number of benzene rings is 2. The van der Waals surface area contributed by atoms with Crippen molar-refractivity contribution < 1.29 is 14.3 Å². The van der Waals surface area contributed by atoms with Crippen LogP contribution in [0.3, 0.4) is 0 Å². The number of piperazine rings is 1. The molecule has 1 aliphatic carbocycles. The molecule has 5 rings (SSSR count). The van der Waals surface area contributed by atoms with Crippen molar-refractivity contribution in [1.29, 1.82) is 0 Å². The fourth-order valence-electron chi connectivity index (χ4n) is 5.50. The lowest BCUT2D eigenvalue weighted by atomic mass is 9.76. The molecule has 0 N–H and O–H groups in total. The number of halogens is 1. The van der Waals surface area contributed by atoms with Crippen molar-refractivity contribution in [3.63, 3.8) is 0 Å².